The zero-order valence-electron chi connectivity index (χ0n) is 15.3. The Labute approximate surface area is 162 Å². The topological polar surface area (TPSA) is 110 Å². The number of benzene rings is 1. The minimum absolute atomic E-state index is 0.115. The number of nitrogens with zero attached hydrogens (tertiary/aromatic N) is 2. The van der Waals surface area contributed by atoms with Crippen molar-refractivity contribution in [2.75, 3.05) is 5.32 Å². The lowest BCUT2D eigenvalue weighted by atomic mass is 9.94. The number of hydrogen-bond donors (Lipinski definition) is 2. The molecule has 0 radical (unpaired) electrons. The summed E-state index contributed by atoms with van der Waals surface area (Å²) >= 11 is 0. The molecule has 1 aliphatic carbocycles. The predicted octanol–water partition coefficient (Wildman–Crippen LogP) is 2.24. The Morgan fingerprint density at radius 3 is 2.29 bits per heavy atom. The van der Waals surface area contributed by atoms with E-state index in [1.807, 2.05) is 0 Å². The summed E-state index contributed by atoms with van der Waals surface area (Å²) in [7, 11) is -3.66. The second kappa shape index (κ2) is 8.61. The summed E-state index contributed by atoms with van der Waals surface area (Å²) in [5, 5.41) is 2.59. The number of carbonyl (C=O) groups is 1. The van der Waals surface area contributed by atoms with Gasteiger partial charge < -0.3 is 10.1 Å². The molecule has 0 saturated heterocycles. The third-order valence-corrected chi connectivity index (χ3v) is 5.89. The van der Waals surface area contributed by atoms with Gasteiger partial charge in [0.1, 0.15) is 6.10 Å². The van der Waals surface area contributed by atoms with E-state index in [2.05, 4.69) is 20.0 Å². The van der Waals surface area contributed by atoms with Crippen LogP contribution in [0, 0.1) is 5.82 Å². The fourth-order valence-corrected chi connectivity index (χ4v) is 4.32. The molecule has 150 valence electrons. The molecule has 1 saturated carbocycles. The standard InChI is InChI=1S/C18H21FN4O4S/c1-12(24)22-14-4-8-17(9-5-14)28(25,26)23-15-2-6-16(7-3-15)27-18-20-10-13(19)11-21-18/h4-5,8-11,15-16,23H,2-3,6-7H2,1H3,(H,22,24). The molecular formula is C18H21FN4O4S. The Morgan fingerprint density at radius 1 is 1.11 bits per heavy atom. The van der Waals surface area contributed by atoms with Gasteiger partial charge in [0.15, 0.2) is 5.82 Å². The monoisotopic (exact) mass is 408 g/mol. The summed E-state index contributed by atoms with van der Waals surface area (Å²) in [4.78, 5) is 18.7. The Balaban J connectivity index is 1.53. The van der Waals surface area contributed by atoms with Gasteiger partial charge in [0.2, 0.25) is 15.9 Å². The number of ether oxygens (including phenoxy) is 1. The molecule has 2 N–H and O–H groups in total. The van der Waals surface area contributed by atoms with E-state index in [4.69, 9.17) is 4.74 Å². The quantitative estimate of drug-likeness (QED) is 0.759. The maximum absolute atomic E-state index is 12.8. The van der Waals surface area contributed by atoms with Crippen molar-refractivity contribution < 1.29 is 22.3 Å². The molecule has 10 heteroatoms. The van der Waals surface area contributed by atoms with Gasteiger partial charge in [0.05, 0.1) is 17.3 Å². The first-order valence-electron chi connectivity index (χ1n) is 8.86. The lowest BCUT2D eigenvalue weighted by Gasteiger charge is -2.28. The van der Waals surface area contributed by atoms with E-state index in [-0.39, 0.29) is 29.0 Å². The van der Waals surface area contributed by atoms with Crippen LogP contribution in [-0.4, -0.2) is 36.4 Å². The first kappa shape index (κ1) is 20.2. The van der Waals surface area contributed by atoms with Gasteiger partial charge in [-0.15, -0.1) is 0 Å². The van der Waals surface area contributed by atoms with Crippen LogP contribution in [0.5, 0.6) is 6.01 Å². The molecule has 0 atom stereocenters. The van der Waals surface area contributed by atoms with Crippen molar-refractivity contribution in [1.29, 1.82) is 0 Å². The molecule has 3 rings (SSSR count). The molecule has 0 spiro atoms. The van der Waals surface area contributed by atoms with Crippen molar-refractivity contribution in [2.24, 2.45) is 0 Å². The molecule has 8 nitrogen and oxygen atoms in total. The second-order valence-electron chi connectivity index (χ2n) is 6.60. The Hall–Kier alpha value is -2.59. The lowest BCUT2D eigenvalue weighted by Crippen LogP contribution is -2.39. The largest absolute Gasteiger partial charge is 0.460 e. The van der Waals surface area contributed by atoms with Gasteiger partial charge in [0, 0.05) is 18.7 Å². The van der Waals surface area contributed by atoms with Crippen LogP contribution in [0.1, 0.15) is 32.6 Å². The maximum atomic E-state index is 12.8. The Morgan fingerprint density at radius 2 is 1.71 bits per heavy atom. The maximum Gasteiger partial charge on any atom is 0.316 e. The van der Waals surface area contributed by atoms with E-state index in [0.29, 0.717) is 31.4 Å². The van der Waals surface area contributed by atoms with Crippen LogP contribution >= 0.6 is 0 Å². The zero-order chi connectivity index (χ0) is 20.1. The Bertz CT molecular complexity index is 912. The average molecular weight is 408 g/mol. The van der Waals surface area contributed by atoms with Crippen molar-refractivity contribution in [3.63, 3.8) is 0 Å². The van der Waals surface area contributed by atoms with Crippen molar-refractivity contribution in [2.45, 2.75) is 49.6 Å². The normalized spacial score (nSPS) is 19.8. The molecule has 1 aromatic heterocycles. The van der Waals surface area contributed by atoms with Crippen LogP contribution in [-0.2, 0) is 14.8 Å². The average Bonchev–Trinajstić information content (AvgIpc) is 2.65. The van der Waals surface area contributed by atoms with Crippen molar-refractivity contribution in [1.82, 2.24) is 14.7 Å². The van der Waals surface area contributed by atoms with Gasteiger partial charge in [-0.1, -0.05) is 0 Å². The highest BCUT2D eigenvalue weighted by Gasteiger charge is 2.27. The van der Waals surface area contributed by atoms with Crippen LogP contribution in [0.25, 0.3) is 0 Å². The van der Waals surface area contributed by atoms with E-state index >= 15 is 0 Å². The highest BCUT2D eigenvalue weighted by atomic mass is 32.2. The molecule has 2 aromatic rings. The lowest BCUT2D eigenvalue weighted by molar-refractivity contribution is -0.114. The molecule has 0 unspecified atom stereocenters. The van der Waals surface area contributed by atoms with Crippen molar-refractivity contribution >= 4 is 21.6 Å². The van der Waals surface area contributed by atoms with Crippen molar-refractivity contribution in [3.05, 3.63) is 42.5 Å². The highest BCUT2D eigenvalue weighted by Crippen LogP contribution is 2.24. The number of anilines is 1. The number of nitrogens with one attached hydrogen (secondary N) is 2. The van der Waals surface area contributed by atoms with Gasteiger partial charge in [-0.05, 0) is 49.9 Å². The van der Waals surface area contributed by atoms with Crippen LogP contribution in [0.3, 0.4) is 0 Å². The van der Waals surface area contributed by atoms with E-state index in [1.54, 1.807) is 12.1 Å². The zero-order valence-corrected chi connectivity index (χ0v) is 16.1. The van der Waals surface area contributed by atoms with Crippen LogP contribution < -0.4 is 14.8 Å². The summed E-state index contributed by atoms with van der Waals surface area (Å²) < 4.78 is 46.3. The number of halogens is 1. The van der Waals surface area contributed by atoms with Crippen LogP contribution in [0.2, 0.25) is 0 Å². The molecule has 1 aliphatic rings. The summed E-state index contributed by atoms with van der Waals surface area (Å²) in [6.45, 7) is 1.38. The summed E-state index contributed by atoms with van der Waals surface area (Å²) in [5.74, 6) is -0.755. The fourth-order valence-electron chi connectivity index (χ4n) is 3.02. The first-order valence-corrected chi connectivity index (χ1v) is 10.3. The molecular weight excluding hydrogens is 387 g/mol. The van der Waals surface area contributed by atoms with E-state index in [9.17, 15) is 17.6 Å². The van der Waals surface area contributed by atoms with Crippen molar-refractivity contribution in [3.8, 4) is 6.01 Å². The Kier molecular flexibility index (Phi) is 6.20. The molecule has 1 amide bonds. The SMILES string of the molecule is CC(=O)Nc1ccc(S(=O)(=O)NC2CCC(Oc3ncc(F)cn3)CC2)cc1. The fraction of sp³-hybridized carbons (Fsp3) is 0.389. The molecule has 0 bridgehead atoms. The minimum Gasteiger partial charge on any atom is -0.460 e. The molecule has 1 heterocycles. The van der Waals surface area contributed by atoms with Gasteiger partial charge in [0.25, 0.3) is 0 Å². The smallest absolute Gasteiger partial charge is 0.316 e. The third-order valence-electron chi connectivity index (χ3n) is 4.35. The van der Waals surface area contributed by atoms with Gasteiger partial charge >= 0.3 is 6.01 Å². The highest BCUT2D eigenvalue weighted by molar-refractivity contribution is 7.89. The summed E-state index contributed by atoms with van der Waals surface area (Å²) in [6.07, 6.45) is 4.43. The van der Waals surface area contributed by atoms with E-state index < -0.39 is 15.8 Å². The molecule has 28 heavy (non-hydrogen) atoms. The number of carbonyl (C=O) groups excluding carboxylic acids is 1. The third kappa shape index (κ3) is 5.46. The first-order chi connectivity index (χ1) is 13.3. The molecule has 1 fully saturated rings. The predicted molar refractivity (Wildman–Crippen MR) is 99.7 cm³/mol. The number of aromatic nitrogens is 2. The van der Waals surface area contributed by atoms with Gasteiger partial charge in [-0.3, -0.25) is 4.79 Å². The summed E-state index contributed by atoms with van der Waals surface area (Å²) in [5.41, 5.74) is 0.534. The minimum atomic E-state index is -3.66. The molecule has 0 aliphatic heterocycles. The van der Waals surface area contributed by atoms with Gasteiger partial charge in [-0.2, -0.15) is 0 Å². The summed E-state index contributed by atoms with van der Waals surface area (Å²) in [6, 6.07) is 5.91. The second-order valence-corrected chi connectivity index (χ2v) is 8.32. The van der Waals surface area contributed by atoms with E-state index in [0.717, 1.165) is 12.4 Å². The molecule has 1 aromatic carbocycles. The number of amides is 1. The van der Waals surface area contributed by atoms with Crippen LogP contribution in [0.4, 0.5) is 10.1 Å². The number of sulfonamides is 1. The van der Waals surface area contributed by atoms with Gasteiger partial charge in [-0.25, -0.2) is 27.5 Å². The van der Waals surface area contributed by atoms with Crippen LogP contribution in [0.15, 0.2) is 41.6 Å². The number of rotatable bonds is 6. The van der Waals surface area contributed by atoms with E-state index in [1.165, 1.54) is 19.1 Å². The number of hydrogen-bond acceptors (Lipinski definition) is 6.